The zero-order chi connectivity index (χ0) is 13.1. The first-order valence-electron chi connectivity index (χ1n) is 8.21. The third-order valence-electron chi connectivity index (χ3n) is 4.50. The van der Waals surface area contributed by atoms with E-state index in [0.717, 1.165) is 6.42 Å². The van der Waals surface area contributed by atoms with Crippen LogP contribution in [0.4, 0.5) is 0 Å². The van der Waals surface area contributed by atoms with Crippen LogP contribution in [0.2, 0.25) is 0 Å². The Morgan fingerprint density at radius 1 is 0.737 bits per heavy atom. The molecule has 1 saturated heterocycles. The molecule has 0 spiro atoms. The van der Waals surface area contributed by atoms with Crippen LogP contribution in [0.3, 0.4) is 0 Å². The van der Waals surface area contributed by atoms with Crippen LogP contribution < -0.4 is 24.0 Å². The maximum atomic E-state index is 8.69. The number of hydrogen-bond acceptors (Lipinski definition) is 1. The van der Waals surface area contributed by atoms with Crippen molar-refractivity contribution in [1.29, 1.82) is 0 Å². The lowest BCUT2D eigenvalue weighted by atomic mass is 10.1. The van der Waals surface area contributed by atoms with E-state index in [1.165, 1.54) is 88.3 Å². The van der Waals surface area contributed by atoms with Crippen LogP contribution in [0.25, 0.3) is 0 Å². The molecule has 0 amide bonds. The summed E-state index contributed by atoms with van der Waals surface area (Å²) < 4.78 is 1.34. The van der Waals surface area contributed by atoms with Crippen LogP contribution in [0.1, 0.15) is 70.6 Å². The van der Waals surface area contributed by atoms with Gasteiger partial charge in [-0.1, -0.05) is 32.1 Å². The molecule has 1 fully saturated rings. The predicted octanol–water partition coefficient (Wildman–Crippen LogP) is 0.734. The molecule has 1 N–H and O–H groups in total. The molecule has 1 heterocycles. The lowest BCUT2D eigenvalue weighted by Crippen LogP contribution is -3.00. The number of halogens is 1. The average Bonchev–Trinajstić information content (AvgIpc) is 2.38. The van der Waals surface area contributed by atoms with E-state index in [2.05, 4.69) is 7.05 Å². The second-order valence-electron chi connectivity index (χ2n) is 6.40. The number of aliphatic hydroxyl groups is 1. The molecule has 19 heavy (non-hydrogen) atoms. The van der Waals surface area contributed by atoms with E-state index >= 15 is 0 Å². The van der Waals surface area contributed by atoms with Crippen molar-refractivity contribution in [1.82, 2.24) is 0 Å². The van der Waals surface area contributed by atoms with E-state index in [-0.39, 0.29) is 24.0 Å². The highest BCUT2D eigenvalue weighted by Crippen LogP contribution is 2.18. The Hall–Kier alpha value is 0.650. The van der Waals surface area contributed by atoms with Crippen molar-refractivity contribution in [2.45, 2.75) is 70.6 Å². The molecule has 0 bridgehead atoms. The fraction of sp³-hybridized carbons (Fsp3) is 1.00. The summed E-state index contributed by atoms with van der Waals surface area (Å²) in [5.41, 5.74) is 0. The lowest BCUT2D eigenvalue weighted by molar-refractivity contribution is -0.914. The molecule has 0 aromatic heterocycles. The topological polar surface area (TPSA) is 20.2 Å². The van der Waals surface area contributed by atoms with Gasteiger partial charge in [0.15, 0.2) is 0 Å². The average molecular weight is 383 g/mol. The Labute approximate surface area is 137 Å². The molecular weight excluding hydrogens is 349 g/mol. The summed E-state index contributed by atoms with van der Waals surface area (Å²) in [6.45, 7) is 4.61. The summed E-state index contributed by atoms with van der Waals surface area (Å²) in [6.07, 6.45) is 14.9. The van der Waals surface area contributed by atoms with Crippen molar-refractivity contribution in [2.24, 2.45) is 0 Å². The molecule has 0 aromatic carbocycles. The molecular formula is C16H34INO. The van der Waals surface area contributed by atoms with Gasteiger partial charge in [-0.2, -0.15) is 0 Å². The molecule has 0 aliphatic carbocycles. The fourth-order valence-electron chi connectivity index (χ4n) is 3.17. The monoisotopic (exact) mass is 383 g/mol. The van der Waals surface area contributed by atoms with Gasteiger partial charge < -0.3 is 33.6 Å². The Bertz CT molecular complexity index is 193. The molecule has 1 aliphatic heterocycles. The van der Waals surface area contributed by atoms with Crippen LogP contribution in [-0.2, 0) is 0 Å². The summed E-state index contributed by atoms with van der Waals surface area (Å²) in [7, 11) is 2.45. The van der Waals surface area contributed by atoms with Gasteiger partial charge in [0, 0.05) is 6.61 Å². The SMILES string of the molecule is C[N+]1(CCCCCCCCCCO)CCCCC1.[I-]. The normalized spacial score (nSPS) is 18.0. The van der Waals surface area contributed by atoms with Gasteiger partial charge in [-0.3, -0.25) is 0 Å². The molecule has 0 atom stereocenters. The summed E-state index contributed by atoms with van der Waals surface area (Å²) in [6, 6.07) is 0. The highest BCUT2D eigenvalue weighted by atomic mass is 127. The van der Waals surface area contributed by atoms with Crippen molar-refractivity contribution >= 4 is 0 Å². The highest BCUT2D eigenvalue weighted by molar-refractivity contribution is 4.53. The van der Waals surface area contributed by atoms with Crippen molar-refractivity contribution in [2.75, 3.05) is 33.3 Å². The first-order valence-corrected chi connectivity index (χ1v) is 8.21. The van der Waals surface area contributed by atoms with Gasteiger partial charge in [-0.15, -0.1) is 0 Å². The highest BCUT2D eigenvalue weighted by Gasteiger charge is 2.23. The van der Waals surface area contributed by atoms with E-state index in [4.69, 9.17) is 5.11 Å². The molecule has 0 radical (unpaired) electrons. The smallest absolute Gasteiger partial charge is 0.0784 e. The largest absolute Gasteiger partial charge is 1.00 e. The minimum atomic E-state index is 0. The number of quaternary nitrogens is 1. The number of likely N-dealkylation sites (tertiary alicyclic amines) is 1. The van der Waals surface area contributed by atoms with Crippen molar-refractivity contribution in [3.63, 3.8) is 0 Å². The Morgan fingerprint density at radius 2 is 1.21 bits per heavy atom. The van der Waals surface area contributed by atoms with Gasteiger partial charge in [0.1, 0.15) is 0 Å². The van der Waals surface area contributed by atoms with Gasteiger partial charge in [-0.25, -0.2) is 0 Å². The van der Waals surface area contributed by atoms with Crippen LogP contribution in [0, 0.1) is 0 Å². The summed E-state index contributed by atoms with van der Waals surface area (Å²) >= 11 is 0. The summed E-state index contributed by atoms with van der Waals surface area (Å²) in [5, 5.41) is 8.69. The number of nitrogens with zero attached hydrogens (tertiary/aromatic N) is 1. The maximum Gasteiger partial charge on any atom is 0.0784 e. The molecule has 116 valence electrons. The van der Waals surface area contributed by atoms with Crippen LogP contribution >= 0.6 is 0 Å². The van der Waals surface area contributed by atoms with Crippen molar-refractivity contribution in [3.8, 4) is 0 Å². The Kier molecular flexibility index (Phi) is 12.8. The van der Waals surface area contributed by atoms with Gasteiger partial charge >= 0.3 is 0 Å². The third-order valence-corrected chi connectivity index (χ3v) is 4.50. The number of aliphatic hydroxyl groups excluding tert-OH is 1. The molecule has 0 unspecified atom stereocenters. The predicted molar refractivity (Wildman–Crippen MR) is 78.7 cm³/mol. The van der Waals surface area contributed by atoms with E-state index in [1.54, 1.807) is 0 Å². The first-order chi connectivity index (χ1) is 8.77. The first kappa shape index (κ1) is 19.7. The number of piperidine rings is 1. The molecule has 3 heteroatoms. The molecule has 1 aliphatic rings. The summed E-state index contributed by atoms with van der Waals surface area (Å²) in [4.78, 5) is 0. The standard InChI is InChI=1S/C16H34NO.HI/c1-17(14-10-8-11-15-17)13-9-6-4-2-3-5-7-12-16-18;/h18H,2-16H2,1H3;1H/q+1;/p-1. The molecule has 0 aromatic rings. The van der Waals surface area contributed by atoms with Crippen LogP contribution in [-0.4, -0.2) is 42.9 Å². The van der Waals surface area contributed by atoms with Crippen molar-refractivity contribution in [3.05, 3.63) is 0 Å². The van der Waals surface area contributed by atoms with Gasteiger partial charge in [0.2, 0.25) is 0 Å². The van der Waals surface area contributed by atoms with Crippen LogP contribution in [0.15, 0.2) is 0 Å². The quantitative estimate of drug-likeness (QED) is 0.335. The molecule has 1 rings (SSSR count). The van der Waals surface area contributed by atoms with E-state index in [9.17, 15) is 0 Å². The number of hydrogen-bond donors (Lipinski definition) is 1. The molecule has 2 nitrogen and oxygen atoms in total. The second kappa shape index (κ2) is 12.4. The van der Waals surface area contributed by atoms with Gasteiger partial charge in [-0.05, 0) is 38.5 Å². The van der Waals surface area contributed by atoms with E-state index < -0.39 is 0 Å². The minimum absolute atomic E-state index is 0. The Balaban J connectivity index is 0.00000324. The minimum Gasteiger partial charge on any atom is -1.00 e. The van der Waals surface area contributed by atoms with Gasteiger partial charge in [0.05, 0.1) is 26.7 Å². The number of rotatable bonds is 10. The second-order valence-corrected chi connectivity index (χ2v) is 6.40. The van der Waals surface area contributed by atoms with E-state index in [1.807, 2.05) is 0 Å². The zero-order valence-corrected chi connectivity index (χ0v) is 15.0. The van der Waals surface area contributed by atoms with Crippen LogP contribution in [0.5, 0.6) is 0 Å². The summed E-state index contributed by atoms with van der Waals surface area (Å²) in [5.74, 6) is 0. The van der Waals surface area contributed by atoms with Gasteiger partial charge in [0.25, 0.3) is 0 Å². The third kappa shape index (κ3) is 10.1. The fourth-order valence-corrected chi connectivity index (χ4v) is 3.17. The zero-order valence-electron chi connectivity index (χ0n) is 12.9. The Morgan fingerprint density at radius 3 is 1.74 bits per heavy atom. The maximum absolute atomic E-state index is 8.69. The van der Waals surface area contributed by atoms with E-state index in [0.29, 0.717) is 6.61 Å². The molecule has 0 saturated carbocycles. The van der Waals surface area contributed by atoms with Crippen molar-refractivity contribution < 1.29 is 33.6 Å². The lowest BCUT2D eigenvalue weighted by Gasteiger charge is -2.37. The number of unbranched alkanes of at least 4 members (excludes halogenated alkanes) is 7.